The molecule has 0 saturated heterocycles. The van der Waals surface area contributed by atoms with E-state index in [-0.39, 0.29) is 17.7 Å². The van der Waals surface area contributed by atoms with Crippen LogP contribution in [0.5, 0.6) is 0 Å². The summed E-state index contributed by atoms with van der Waals surface area (Å²) >= 11 is 0. The number of nitriles is 1. The molecule has 1 heterocycles. The van der Waals surface area contributed by atoms with Gasteiger partial charge in [-0.2, -0.15) is 5.26 Å². The van der Waals surface area contributed by atoms with Gasteiger partial charge in [-0.1, -0.05) is 0 Å². The lowest BCUT2D eigenvalue weighted by Crippen LogP contribution is -2.12. The molecule has 3 nitrogen and oxygen atoms in total. The summed E-state index contributed by atoms with van der Waals surface area (Å²) in [5.41, 5.74) is -0.646. The van der Waals surface area contributed by atoms with Gasteiger partial charge in [0.15, 0.2) is 5.43 Å². The van der Waals surface area contributed by atoms with Crippen molar-refractivity contribution in [2.45, 2.75) is 19.8 Å². The Balaban J connectivity index is 3.30. The Morgan fingerprint density at radius 2 is 2.29 bits per heavy atom. The van der Waals surface area contributed by atoms with Crippen molar-refractivity contribution in [3.63, 3.8) is 0 Å². The van der Waals surface area contributed by atoms with E-state index in [2.05, 4.69) is 4.98 Å². The Kier molecular flexibility index (Phi) is 2.97. The van der Waals surface area contributed by atoms with Crippen LogP contribution in [0.15, 0.2) is 10.9 Å². The fourth-order valence-corrected chi connectivity index (χ4v) is 1.10. The summed E-state index contributed by atoms with van der Waals surface area (Å²) in [6.07, 6.45) is -2.80. The van der Waals surface area contributed by atoms with Gasteiger partial charge in [-0.3, -0.25) is 4.79 Å². The molecule has 1 N–H and O–H groups in total. The third-order valence-electron chi connectivity index (χ3n) is 1.86. The third kappa shape index (κ3) is 1.96. The highest BCUT2D eigenvalue weighted by molar-refractivity contribution is 5.24. The van der Waals surface area contributed by atoms with Crippen molar-refractivity contribution in [3.05, 3.63) is 33.2 Å². The van der Waals surface area contributed by atoms with Crippen molar-refractivity contribution in [2.24, 2.45) is 0 Å². The van der Waals surface area contributed by atoms with Gasteiger partial charge < -0.3 is 4.98 Å². The van der Waals surface area contributed by atoms with Gasteiger partial charge in [-0.05, 0) is 6.92 Å². The summed E-state index contributed by atoms with van der Waals surface area (Å²) in [7, 11) is 0. The van der Waals surface area contributed by atoms with E-state index in [1.165, 1.54) is 13.0 Å². The first-order valence-corrected chi connectivity index (χ1v) is 3.94. The summed E-state index contributed by atoms with van der Waals surface area (Å²) in [6.45, 7) is 1.33. The van der Waals surface area contributed by atoms with E-state index in [1.54, 1.807) is 6.07 Å². The van der Waals surface area contributed by atoms with Gasteiger partial charge in [0.1, 0.15) is 0 Å². The van der Waals surface area contributed by atoms with Gasteiger partial charge >= 0.3 is 0 Å². The molecule has 0 aliphatic rings. The van der Waals surface area contributed by atoms with Gasteiger partial charge in [-0.25, -0.2) is 8.78 Å². The molecule has 1 aromatic heterocycles. The maximum absolute atomic E-state index is 12.4. The zero-order chi connectivity index (χ0) is 10.7. The average molecular weight is 198 g/mol. The number of aromatic nitrogens is 1. The fourth-order valence-electron chi connectivity index (χ4n) is 1.10. The standard InChI is InChI=1S/C9H8F2N2O/c1-5-7(14)4-6(2-3-12)13-8(5)9(10)11/h4,9H,2H2,1H3,(H,13,14). The minimum absolute atomic E-state index is 0.00156. The molecule has 0 bridgehead atoms. The molecule has 0 aromatic carbocycles. The molecule has 0 saturated carbocycles. The van der Waals surface area contributed by atoms with Crippen molar-refractivity contribution in [2.75, 3.05) is 0 Å². The molecular formula is C9H8F2N2O. The van der Waals surface area contributed by atoms with E-state index in [1.807, 2.05) is 0 Å². The van der Waals surface area contributed by atoms with Crippen LogP contribution in [0.25, 0.3) is 0 Å². The maximum Gasteiger partial charge on any atom is 0.278 e. The van der Waals surface area contributed by atoms with Crippen LogP contribution in [-0.2, 0) is 6.42 Å². The SMILES string of the molecule is Cc1c(C(F)F)[nH]c(CC#N)cc1=O. The summed E-state index contributed by atoms with van der Waals surface area (Å²) in [5.74, 6) is 0. The van der Waals surface area contributed by atoms with Crippen LogP contribution in [0.3, 0.4) is 0 Å². The summed E-state index contributed by atoms with van der Waals surface area (Å²) in [5, 5.41) is 8.35. The van der Waals surface area contributed by atoms with E-state index in [4.69, 9.17) is 5.26 Å². The first-order chi connectivity index (χ1) is 6.56. The topological polar surface area (TPSA) is 56.6 Å². The molecule has 1 aromatic rings. The molecule has 14 heavy (non-hydrogen) atoms. The Morgan fingerprint density at radius 3 is 2.79 bits per heavy atom. The highest BCUT2D eigenvalue weighted by atomic mass is 19.3. The monoisotopic (exact) mass is 198 g/mol. The number of alkyl halides is 2. The highest BCUT2D eigenvalue weighted by Gasteiger charge is 2.14. The number of halogens is 2. The van der Waals surface area contributed by atoms with E-state index in [9.17, 15) is 13.6 Å². The molecular weight excluding hydrogens is 190 g/mol. The number of H-pyrrole nitrogens is 1. The molecule has 74 valence electrons. The zero-order valence-electron chi connectivity index (χ0n) is 7.47. The summed E-state index contributed by atoms with van der Waals surface area (Å²) in [4.78, 5) is 13.6. The van der Waals surface area contributed by atoms with Crippen molar-refractivity contribution in [1.82, 2.24) is 4.98 Å². The highest BCUT2D eigenvalue weighted by Crippen LogP contribution is 2.18. The molecule has 0 radical (unpaired) electrons. The van der Waals surface area contributed by atoms with Gasteiger partial charge in [0.25, 0.3) is 6.43 Å². The molecule has 0 atom stereocenters. The number of nitrogens with one attached hydrogen (secondary N) is 1. The van der Waals surface area contributed by atoms with Crippen molar-refractivity contribution in [3.8, 4) is 6.07 Å². The van der Waals surface area contributed by atoms with Crippen molar-refractivity contribution < 1.29 is 8.78 Å². The fraction of sp³-hybridized carbons (Fsp3) is 0.333. The molecule has 0 unspecified atom stereocenters. The van der Waals surface area contributed by atoms with Crippen LogP contribution in [0.4, 0.5) is 8.78 Å². The van der Waals surface area contributed by atoms with Crippen molar-refractivity contribution in [1.29, 1.82) is 5.26 Å². The molecule has 0 aliphatic carbocycles. The van der Waals surface area contributed by atoms with Crippen LogP contribution in [0.2, 0.25) is 0 Å². The second kappa shape index (κ2) is 4.01. The van der Waals surface area contributed by atoms with Gasteiger partial charge in [-0.15, -0.1) is 0 Å². The molecule has 0 aliphatic heterocycles. The maximum atomic E-state index is 12.4. The number of pyridine rings is 1. The largest absolute Gasteiger partial charge is 0.356 e. The van der Waals surface area contributed by atoms with Crippen LogP contribution in [0.1, 0.15) is 23.4 Å². The minimum Gasteiger partial charge on any atom is -0.356 e. The van der Waals surface area contributed by atoms with Crippen LogP contribution < -0.4 is 5.43 Å². The molecule has 5 heteroatoms. The number of hydrogen-bond donors (Lipinski definition) is 1. The molecule has 0 amide bonds. The smallest absolute Gasteiger partial charge is 0.278 e. The van der Waals surface area contributed by atoms with Crippen molar-refractivity contribution >= 4 is 0 Å². The molecule has 1 rings (SSSR count). The van der Waals surface area contributed by atoms with Gasteiger partial charge in [0.05, 0.1) is 18.2 Å². The average Bonchev–Trinajstić information content (AvgIpc) is 2.11. The lowest BCUT2D eigenvalue weighted by molar-refractivity contribution is 0.145. The second-order valence-electron chi connectivity index (χ2n) is 2.83. The predicted octanol–water partition coefficient (Wildman–Crippen LogP) is 1.69. The van der Waals surface area contributed by atoms with E-state index < -0.39 is 17.5 Å². The van der Waals surface area contributed by atoms with Crippen LogP contribution in [-0.4, -0.2) is 4.98 Å². The van der Waals surface area contributed by atoms with E-state index in [0.29, 0.717) is 0 Å². The van der Waals surface area contributed by atoms with E-state index in [0.717, 1.165) is 0 Å². The third-order valence-corrected chi connectivity index (χ3v) is 1.86. The number of nitrogens with zero attached hydrogens (tertiary/aromatic N) is 1. The van der Waals surface area contributed by atoms with Gasteiger partial charge in [0.2, 0.25) is 0 Å². The quantitative estimate of drug-likeness (QED) is 0.786. The Morgan fingerprint density at radius 1 is 1.64 bits per heavy atom. The number of rotatable bonds is 2. The number of aromatic amines is 1. The molecule has 0 spiro atoms. The number of hydrogen-bond acceptors (Lipinski definition) is 2. The first kappa shape index (κ1) is 10.4. The predicted molar refractivity (Wildman–Crippen MR) is 46.1 cm³/mol. The Hall–Kier alpha value is -1.70. The lowest BCUT2D eigenvalue weighted by Gasteiger charge is -2.05. The molecule has 0 fully saturated rings. The van der Waals surface area contributed by atoms with Crippen LogP contribution >= 0.6 is 0 Å². The summed E-state index contributed by atoms with van der Waals surface area (Å²) < 4.78 is 24.8. The normalized spacial score (nSPS) is 10.2. The van der Waals surface area contributed by atoms with Gasteiger partial charge in [0, 0.05) is 17.3 Å². The second-order valence-corrected chi connectivity index (χ2v) is 2.83. The first-order valence-electron chi connectivity index (χ1n) is 3.94. The minimum atomic E-state index is -2.72. The van der Waals surface area contributed by atoms with E-state index >= 15 is 0 Å². The summed E-state index contributed by atoms with van der Waals surface area (Å²) in [6, 6.07) is 2.95. The Labute approximate surface area is 79.0 Å². The lowest BCUT2D eigenvalue weighted by atomic mass is 10.1. The van der Waals surface area contributed by atoms with Crippen LogP contribution in [0, 0.1) is 18.3 Å². The zero-order valence-corrected chi connectivity index (χ0v) is 7.47. The Bertz CT molecular complexity index is 431.